The third-order valence-corrected chi connectivity index (χ3v) is 4.99. The molecule has 0 amide bonds. The average molecular weight is 451 g/mol. The fraction of sp³-hybridized carbons (Fsp3) is 0.125. The second kappa shape index (κ2) is 8.53. The lowest BCUT2D eigenvalue weighted by Crippen LogP contribution is -2.06. The molecule has 0 aliphatic rings. The van der Waals surface area contributed by atoms with E-state index in [1.165, 1.54) is 0 Å². The molecule has 1 heterocycles. The highest BCUT2D eigenvalue weighted by Crippen LogP contribution is 2.37. The van der Waals surface area contributed by atoms with E-state index in [1.807, 2.05) is 66.7 Å². The summed E-state index contributed by atoms with van der Waals surface area (Å²) < 4.78 is 16.6. The maximum atomic E-state index is 13.0. The van der Waals surface area contributed by atoms with Crippen molar-refractivity contribution in [2.75, 3.05) is 19.0 Å². The van der Waals surface area contributed by atoms with Crippen molar-refractivity contribution in [3.63, 3.8) is 0 Å². The van der Waals surface area contributed by atoms with Gasteiger partial charge in [0.05, 0.1) is 19.3 Å². The zero-order chi connectivity index (χ0) is 20.2. The first-order chi connectivity index (χ1) is 14.2. The first-order valence-electron chi connectivity index (χ1n) is 9.20. The Morgan fingerprint density at radius 3 is 2.24 bits per heavy atom. The number of halogens is 1. The largest absolute Gasteiger partial charge is 0.497 e. The van der Waals surface area contributed by atoms with Crippen LogP contribution in [-0.4, -0.2) is 19.0 Å². The summed E-state index contributed by atoms with van der Waals surface area (Å²) in [6.45, 7) is 0.590. The number of methoxy groups -OCH3 is 1. The molecule has 0 saturated heterocycles. The Morgan fingerprint density at radius 2 is 1.55 bits per heavy atom. The summed E-state index contributed by atoms with van der Waals surface area (Å²) in [4.78, 5) is 13.0. The molecule has 5 heteroatoms. The van der Waals surface area contributed by atoms with Gasteiger partial charge in [-0.2, -0.15) is 0 Å². The fourth-order valence-electron chi connectivity index (χ4n) is 3.35. The molecule has 29 heavy (non-hydrogen) atoms. The normalized spacial score (nSPS) is 10.8. The van der Waals surface area contributed by atoms with Crippen LogP contribution in [0, 0.1) is 0 Å². The average Bonchev–Trinajstić information content (AvgIpc) is 2.77. The van der Waals surface area contributed by atoms with Crippen LogP contribution in [0.15, 0.2) is 82.0 Å². The molecule has 146 valence electrons. The van der Waals surface area contributed by atoms with Crippen LogP contribution in [0.25, 0.3) is 33.2 Å². The Labute approximate surface area is 176 Å². The molecule has 1 aromatic heterocycles. The van der Waals surface area contributed by atoms with E-state index in [9.17, 15) is 4.79 Å². The second-order valence-corrected chi connectivity index (χ2v) is 7.22. The van der Waals surface area contributed by atoms with E-state index in [4.69, 9.17) is 13.9 Å². The van der Waals surface area contributed by atoms with Crippen LogP contribution in [0.3, 0.4) is 0 Å². The second-order valence-electron chi connectivity index (χ2n) is 6.43. The molecule has 0 aliphatic carbocycles. The van der Waals surface area contributed by atoms with Crippen molar-refractivity contribution < 1.29 is 13.9 Å². The van der Waals surface area contributed by atoms with Crippen molar-refractivity contribution in [1.29, 1.82) is 0 Å². The molecule has 0 atom stereocenters. The van der Waals surface area contributed by atoms with Crippen LogP contribution >= 0.6 is 15.9 Å². The Morgan fingerprint density at radius 1 is 0.862 bits per heavy atom. The quantitative estimate of drug-likeness (QED) is 0.270. The lowest BCUT2D eigenvalue weighted by molar-refractivity contribution is 0.345. The van der Waals surface area contributed by atoms with E-state index < -0.39 is 0 Å². The summed E-state index contributed by atoms with van der Waals surface area (Å²) in [5, 5.41) is 1.61. The van der Waals surface area contributed by atoms with Gasteiger partial charge in [0, 0.05) is 22.3 Å². The van der Waals surface area contributed by atoms with Crippen molar-refractivity contribution in [3.05, 3.63) is 83.2 Å². The minimum Gasteiger partial charge on any atom is -0.497 e. The highest BCUT2D eigenvalue weighted by atomic mass is 79.9. The molecule has 3 aromatic carbocycles. The molecule has 4 rings (SSSR count). The molecule has 0 fully saturated rings. The standard InChI is InChI=1S/C24H19BrO4/c1-27-19-11-12-20-21(15-19)29-24(26)23(16-5-3-2-4-6-16)22(20)17-7-9-18(10-8-17)28-14-13-25/h2-12,15H,13-14H2,1H3. The van der Waals surface area contributed by atoms with Gasteiger partial charge in [0.1, 0.15) is 17.1 Å². The highest BCUT2D eigenvalue weighted by Gasteiger charge is 2.18. The topological polar surface area (TPSA) is 48.7 Å². The van der Waals surface area contributed by atoms with Crippen molar-refractivity contribution in [1.82, 2.24) is 0 Å². The maximum absolute atomic E-state index is 13.0. The van der Waals surface area contributed by atoms with Gasteiger partial charge in [0.25, 0.3) is 0 Å². The predicted octanol–water partition coefficient (Wildman–Crippen LogP) is 5.91. The van der Waals surface area contributed by atoms with E-state index in [2.05, 4.69) is 15.9 Å². The van der Waals surface area contributed by atoms with E-state index in [0.717, 1.165) is 33.2 Å². The predicted molar refractivity (Wildman–Crippen MR) is 119 cm³/mol. The minimum absolute atomic E-state index is 0.383. The Balaban J connectivity index is 1.97. The maximum Gasteiger partial charge on any atom is 0.344 e. The molecule has 0 radical (unpaired) electrons. The molecule has 4 aromatic rings. The Kier molecular flexibility index (Phi) is 5.67. The van der Waals surface area contributed by atoms with Gasteiger partial charge in [-0.15, -0.1) is 0 Å². The Bertz CT molecular complexity index is 1180. The lowest BCUT2D eigenvalue weighted by Gasteiger charge is -2.13. The van der Waals surface area contributed by atoms with Gasteiger partial charge in [0.15, 0.2) is 0 Å². The van der Waals surface area contributed by atoms with Crippen LogP contribution in [0.5, 0.6) is 11.5 Å². The van der Waals surface area contributed by atoms with Crippen LogP contribution in [0.2, 0.25) is 0 Å². The highest BCUT2D eigenvalue weighted by molar-refractivity contribution is 9.09. The third kappa shape index (κ3) is 3.91. The number of hydrogen-bond acceptors (Lipinski definition) is 4. The van der Waals surface area contributed by atoms with Crippen LogP contribution < -0.4 is 15.1 Å². The lowest BCUT2D eigenvalue weighted by atomic mass is 9.93. The van der Waals surface area contributed by atoms with E-state index in [-0.39, 0.29) is 5.63 Å². The molecular weight excluding hydrogens is 432 g/mol. The summed E-state index contributed by atoms with van der Waals surface area (Å²) in [6, 6.07) is 22.9. The summed E-state index contributed by atoms with van der Waals surface area (Å²) in [7, 11) is 1.59. The summed E-state index contributed by atoms with van der Waals surface area (Å²) >= 11 is 3.36. The van der Waals surface area contributed by atoms with Crippen LogP contribution in [-0.2, 0) is 0 Å². The van der Waals surface area contributed by atoms with Crippen molar-refractivity contribution in [3.8, 4) is 33.8 Å². The number of alkyl halides is 1. The zero-order valence-electron chi connectivity index (χ0n) is 15.9. The summed E-state index contributed by atoms with van der Waals surface area (Å²) in [5.74, 6) is 1.42. The van der Waals surface area contributed by atoms with E-state index in [1.54, 1.807) is 13.2 Å². The molecule has 0 N–H and O–H groups in total. The third-order valence-electron chi connectivity index (χ3n) is 4.67. The Hall–Kier alpha value is -3.05. The number of rotatable bonds is 6. The number of ether oxygens (including phenoxy) is 2. The smallest absolute Gasteiger partial charge is 0.344 e. The van der Waals surface area contributed by atoms with Crippen molar-refractivity contribution >= 4 is 26.9 Å². The van der Waals surface area contributed by atoms with Crippen molar-refractivity contribution in [2.24, 2.45) is 0 Å². The zero-order valence-corrected chi connectivity index (χ0v) is 17.4. The summed E-state index contributed by atoms with van der Waals surface area (Å²) in [5.41, 5.74) is 3.21. The van der Waals surface area contributed by atoms with E-state index in [0.29, 0.717) is 23.5 Å². The molecule has 0 saturated carbocycles. The van der Waals surface area contributed by atoms with Gasteiger partial charge < -0.3 is 13.9 Å². The van der Waals surface area contributed by atoms with Gasteiger partial charge in [0.2, 0.25) is 0 Å². The molecule has 0 unspecified atom stereocenters. The summed E-state index contributed by atoms with van der Waals surface area (Å²) in [6.07, 6.45) is 0. The first-order valence-corrected chi connectivity index (χ1v) is 10.3. The molecule has 4 nitrogen and oxygen atoms in total. The molecule has 0 spiro atoms. The first kappa shape index (κ1) is 19.3. The van der Waals surface area contributed by atoms with Gasteiger partial charge >= 0.3 is 5.63 Å². The van der Waals surface area contributed by atoms with Crippen LogP contribution in [0.1, 0.15) is 0 Å². The monoisotopic (exact) mass is 450 g/mol. The molecule has 0 aliphatic heterocycles. The van der Waals surface area contributed by atoms with Gasteiger partial charge in [-0.3, -0.25) is 0 Å². The van der Waals surface area contributed by atoms with Crippen molar-refractivity contribution in [2.45, 2.75) is 0 Å². The molecule has 0 bridgehead atoms. The molecular formula is C24H19BrO4. The van der Waals surface area contributed by atoms with Crippen LogP contribution in [0.4, 0.5) is 0 Å². The van der Waals surface area contributed by atoms with Gasteiger partial charge in [-0.25, -0.2) is 4.79 Å². The van der Waals surface area contributed by atoms with Gasteiger partial charge in [-0.05, 0) is 35.4 Å². The fourth-order valence-corrected chi connectivity index (χ4v) is 3.51. The van der Waals surface area contributed by atoms with Gasteiger partial charge in [-0.1, -0.05) is 58.4 Å². The number of benzene rings is 3. The minimum atomic E-state index is -0.383. The SMILES string of the molecule is COc1ccc2c(-c3ccc(OCCBr)cc3)c(-c3ccccc3)c(=O)oc2c1. The van der Waals surface area contributed by atoms with E-state index >= 15 is 0 Å². The number of fused-ring (bicyclic) bond motifs is 1. The number of hydrogen-bond donors (Lipinski definition) is 0.